The van der Waals surface area contributed by atoms with E-state index in [1.807, 2.05) is 12.1 Å². The van der Waals surface area contributed by atoms with Crippen molar-refractivity contribution in [3.63, 3.8) is 0 Å². The lowest BCUT2D eigenvalue weighted by atomic mass is 9.97. The van der Waals surface area contributed by atoms with Gasteiger partial charge in [0.05, 0.1) is 0 Å². The summed E-state index contributed by atoms with van der Waals surface area (Å²) in [6.07, 6.45) is 0. The van der Waals surface area contributed by atoms with Crippen molar-refractivity contribution >= 4 is 50.2 Å². The zero-order valence-electron chi connectivity index (χ0n) is 25.1. The Hall–Kier alpha value is -5.63. The average molecular weight is 608 g/mol. The Labute approximate surface area is 274 Å². The molecule has 0 saturated heterocycles. The molecule has 0 heterocycles. The van der Waals surface area contributed by atoms with Crippen molar-refractivity contribution in [1.82, 2.24) is 0 Å². The van der Waals surface area contributed by atoms with E-state index in [0.717, 1.165) is 33.2 Å². The van der Waals surface area contributed by atoms with E-state index in [2.05, 4.69) is 175 Å². The molecule has 0 aliphatic carbocycles. The molecule has 8 aromatic carbocycles. The molecule has 0 radical (unpaired) electrons. The summed E-state index contributed by atoms with van der Waals surface area (Å²) in [6, 6.07) is 64.8. The van der Waals surface area contributed by atoms with Crippen LogP contribution in [0.2, 0.25) is 5.02 Å². The monoisotopic (exact) mass is 607 g/mol. The van der Waals surface area contributed by atoms with E-state index in [1.165, 1.54) is 43.8 Å². The van der Waals surface area contributed by atoms with Gasteiger partial charge in [-0.05, 0) is 103 Å². The Balaban J connectivity index is 1.19. The van der Waals surface area contributed by atoms with Crippen LogP contribution in [0.4, 0.5) is 17.1 Å². The Morgan fingerprint density at radius 2 is 0.652 bits per heavy atom. The third kappa shape index (κ3) is 5.32. The summed E-state index contributed by atoms with van der Waals surface area (Å²) in [4.78, 5) is 2.32. The predicted octanol–water partition coefficient (Wildman–Crippen LogP) is 13.1. The summed E-state index contributed by atoms with van der Waals surface area (Å²) in [5.74, 6) is 0. The van der Waals surface area contributed by atoms with E-state index < -0.39 is 0 Å². The van der Waals surface area contributed by atoms with Gasteiger partial charge >= 0.3 is 0 Å². The maximum Gasteiger partial charge on any atom is 0.0462 e. The van der Waals surface area contributed by atoms with Gasteiger partial charge in [0.1, 0.15) is 0 Å². The first-order valence-electron chi connectivity index (χ1n) is 15.5. The van der Waals surface area contributed by atoms with Crippen LogP contribution in [0.25, 0.3) is 54.9 Å². The normalized spacial score (nSPS) is 11.2. The Kier molecular flexibility index (Phi) is 7.30. The first-order valence-corrected chi connectivity index (χ1v) is 15.9. The van der Waals surface area contributed by atoms with Crippen LogP contribution in [0.15, 0.2) is 182 Å². The van der Waals surface area contributed by atoms with Crippen LogP contribution in [-0.2, 0) is 0 Å². The molecule has 218 valence electrons. The summed E-state index contributed by atoms with van der Waals surface area (Å²) >= 11 is 6.15. The van der Waals surface area contributed by atoms with Crippen LogP contribution >= 0.6 is 11.6 Å². The van der Waals surface area contributed by atoms with Crippen molar-refractivity contribution in [2.45, 2.75) is 0 Å². The minimum absolute atomic E-state index is 0.741. The summed E-state index contributed by atoms with van der Waals surface area (Å²) in [7, 11) is 0. The molecule has 0 amide bonds. The second kappa shape index (κ2) is 12.0. The fourth-order valence-corrected chi connectivity index (χ4v) is 6.55. The third-order valence-electron chi connectivity index (χ3n) is 8.76. The first-order chi connectivity index (χ1) is 22.7. The Morgan fingerprint density at radius 1 is 0.304 bits per heavy atom. The van der Waals surface area contributed by atoms with Gasteiger partial charge in [-0.2, -0.15) is 0 Å². The van der Waals surface area contributed by atoms with E-state index in [-0.39, 0.29) is 0 Å². The summed E-state index contributed by atoms with van der Waals surface area (Å²) in [5.41, 5.74) is 10.5. The number of halogens is 1. The van der Waals surface area contributed by atoms with E-state index in [4.69, 9.17) is 11.6 Å². The van der Waals surface area contributed by atoms with Gasteiger partial charge in [-0.3, -0.25) is 0 Å². The Bertz CT molecular complexity index is 2150. The summed E-state index contributed by atoms with van der Waals surface area (Å²) in [5, 5.41) is 5.76. The highest BCUT2D eigenvalue weighted by Crippen LogP contribution is 2.39. The molecule has 0 bridgehead atoms. The van der Waals surface area contributed by atoms with Gasteiger partial charge in [-0.15, -0.1) is 0 Å². The lowest BCUT2D eigenvalue weighted by molar-refractivity contribution is 1.28. The molecular weight excluding hydrogens is 578 g/mol. The van der Waals surface area contributed by atoms with Crippen LogP contribution in [0.1, 0.15) is 0 Å². The number of hydrogen-bond donors (Lipinski definition) is 0. The van der Waals surface area contributed by atoms with Crippen LogP contribution in [-0.4, -0.2) is 0 Å². The molecule has 0 fully saturated rings. The van der Waals surface area contributed by atoms with Gasteiger partial charge in [-0.1, -0.05) is 145 Å². The lowest BCUT2D eigenvalue weighted by Gasteiger charge is -2.26. The molecule has 46 heavy (non-hydrogen) atoms. The summed E-state index contributed by atoms with van der Waals surface area (Å²) in [6.45, 7) is 0. The van der Waals surface area contributed by atoms with E-state index in [0.29, 0.717) is 0 Å². The number of nitrogens with zero attached hydrogens (tertiary/aromatic N) is 1. The minimum atomic E-state index is 0.741. The van der Waals surface area contributed by atoms with Crippen LogP contribution in [0.3, 0.4) is 0 Å². The first kappa shape index (κ1) is 27.9. The molecule has 1 nitrogen and oxygen atoms in total. The summed E-state index contributed by atoms with van der Waals surface area (Å²) < 4.78 is 0. The van der Waals surface area contributed by atoms with Gasteiger partial charge in [-0.25, -0.2) is 0 Å². The van der Waals surface area contributed by atoms with Crippen molar-refractivity contribution in [1.29, 1.82) is 0 Å². The second-order valence-electron chi connectivity index (χ2n) is 11.5. The molecule has 0 aromatic heterocycles. The molecule has 0 unspecified atom stereocenters. The van der Waals surface area contributed by atoms with Crippen LogP contribution < -0.4 is 4.90 Å². The highest BCUT2D eigenvalue weighted by molar-refractivity contribution is 6.30. The highest BCUT2D eigenvalue weighted by Gasteiger charge is 2.15. The Morgan fingerprint density at radius 3 is 1.09 bits per heavy atom. The molecule has 8 aromatic rings. The van der Waals surface area contributed by atoms with Crippen molar-refractivity contribution in [3.8, 4) is 33.4 Å². The molecular formula is C44H30ClN. The third-order valence-corrected chi connectivity index (χ3v) is 9.01. The minimum Gasteiger partial charge on any atom is -0.311 e. The lowest BCUT2D eigenvalue weighted by Crippen LogP contribution is -2.09. The maximum atomic E-state index is 6.15. The number of hydrogen-bond acceptors (Lipinski definition) is 1. The van der Waals surface area contributed by atoms with E-state index >= 15 is 0 Å². The van der Waals surface area contributed by atoms with Crippen LogP contribution in [0.5, 0.6) is 0 Å². The van der Waals surface area contributed by atoms with Gasteiger partial charge < -0.3 is 4.90 Å². The number of fused-ring (bicyclic) bond motifs is 2. The average Bonchev–Trinajstić information content (AvgIpc) is 3.13. The highest BCUT2D eigenvalue weighted by atomic mass is 35.5. The molecule has 0 aliphatic rings. The van der Waals surface area contributed by atoms with Crippen molar-refractivity contribution < 1.29 is 0 Å². The molecule has 0 atom stereocenters. The predicted molar refractivity (Wildman–Crippen MR) is 197 cm³/mol. The van der Waals surface area contributed by atoms with Gasteiger partial charge in [0.15, 0.2) is 0 Å². The number of benzene rings is 8. The largest absolute Gasteiger partial charge is 0.311 e. The zero-order chi connectivity index (χ0) is 30.9. The van der Waals surface area contributed by atoms with Gasteiger partial charge in [0, 0.05) is 22.1 Å². The smallest absolute Gasteiger partial charge is 0.0462 e. The van der Waals surface area contributed by atoms with Crippen molar-refractivity contribution in [2.24, 2.45) is 0 Å². The molecule has 0 N–H and O–H groups in total. The van der Waals surface area contributed by atoms with Crippen molar-refractivity contribution in [3.05, 3.63) is 187 Å². The SMILES string of the molecule is Clc1ccc(-c2ccc(N(c3ccc(-c4cccc5ccccc45)cc3)c3ccc(-c4cccc5ccccc45)cc3)cc2)cc1. The molecule has 0 aliphatic heterocycles. The zero-order valence-corrected chi connectivity index (χ0v) is 25.9. The molecule has 2 heteroatoms. The standard InChI is InChI=1S/C44H30ClN/c45-37-23-15-31(16-24-37)32-17-25-38(26-18-32)46(39-27-19-35(20-28-39)43-13-5-9-33-7-1-3-11-41(33)43)40-29-21-36(22-30-40)44-14-6-10-34-8-2-4-12-42(34)44/h1-30H. The van der Waals surface area contributed by atoms with Gasteiger partial charge in [0.2, 0.25) is 0 Å². The van der Waals surface area contributed by atoms with Crippen LogP contribution in [0, 0.1) is 0 Å². The van der Waals surface area contributed by atoms with Gasteiger partial charge in [0.25, 0.3) is 0 Å². The maximum absolute atomic E-state index is 6.15. The number of anilines is 3. The number of rotatable bonds is 6. The fourth-order valence-electron chi connectivity index (χ4n) is 6.43. The second-order valence-corrected chi connectivity index (χ2v) is 12.0. The van der Waals surface area contributed by atoms with E-state index in [9.17, 15) is 0 Å². The van der Waals surface area contributed by atoms with E-state index in [1.54, 1.807) is 0 Å². The molecule has 0 spiro atoms. The topological polar surface area (TPSA) is 3.24 Å². The quantitative estimate of drug-likeness (QED) is 0.182. The molecule has 0 saturated carbocycles. The fraction of sp³-hybridized carbons (Fsp3) is 0. The van der Waals surface area contributed by atoms with Crippen molar-refractivity contribution in [2.75, 3.05) is 4.90 Å². The molecule has 8 rings (SSSR count).